The van der Waals surface area contributed by atoms with Crippen LogP contribution >= 0.6 is 0 Å². The summed E-state index contributed by atoms with van der Waals surface area (Å²) in [5, 5.41) is 14.3. The van der Waals surface area contributed by atoms with Gasteiger partial charge in [-0.25, -0.2) is 18.7 Å². The number of aromatic nitrogens is 4. The second-order valence-electron chi connectivity index (χ2n) is 12.2. The molecule has 2 unspecified atom stereocenters. The van der Waals surface area contributed by atoms with Gasteiger partial charge in [-0.3, -0.25) is 9.68 Å². The number of piperazine rings is 1. The number of nitriles is 1. The van der Waals surface area contributed by atoms with E-state index in [9.17, 15) is 9.47 Å². The monoisotopic (exact) mass is 596 g/mol. The van der Waals surface area contributed by atoms with Crippen molar-refractivity contribution in [1.82, 2.24) is 24.5 Å². The Kier molecular flexibility index (Phi) is 7.27. The van der Waals surface area contributed by atoms with E-state index in [2.05, 4.69) is 50.2 Å². The van der Waals surface area contributed by atoms with Crippen LogP contribution in [0.3, 0.4) is 0 Å². The van der Waals surface area contributed by atoms with E-state index in [0.717, 1.165) is 73.3 Å². The number of hydrogen-bond acceptors (Lipinski definition) is 9. The predicted molar refractivity (Wildman–Crippen MR) is 166 cm³/mol. The molecular weight excluding hydrogens is 560 g/mol. The van der Waals surface area contributed by atoms with Crippen molar-refractivity contribution >= 4 is 21.1 Å². The van der Waals surface area contributed by atoms with Crippen LogP contribution in [0.25, 0.3) is 16.6 Å². The maximum Gasteiger partial charge on any atom is 0.212 e. The molecule has 0 radical (unpaired) electrons. The first-order valence-corrected chi connectivity index (χ1v) is 16.9. The number of hydrogen-bond donors (Lipinski definition) is 1. The fraction of sp³-hybridized carbons (Fsp3) is 0.438. The summed E-state index contributed by atoms with van der Waals surface area (Å²) in [6, 6.07) is 13.7. The highest BCUT2D eigenvalue weighted by Crippen LogP contribution is 2.36. The molecule has 43 heavy (non-hydrogen) atoms. The van der Waals surface area contributed by atoms with Crippen LogP contribution in [-0.4, -0.2) is 72.5 Å². The van der Waals surface area contributed by atoms with Crippen LogP contribution in [0.2, 0.25) is 0 Å². The van der Waals surface area contributed by atoms with Crippen molar-refractivity contribution in [2.45, 2.75) is 50.7 Å². The Bertz CT molecular complexity index is 1750. The number of piperidine rings is 1. The molecule has 4 fully saturated rings. The highest BCUT2D eigenvalue weighted by molar-refractivity contribution is 7.92. The molecule has 0 aromatic carbocycles. The zero-order valence-corrected chi connectivity index (χ0v) is 25.2. The minimum atomic E-state index is -2.36. The zero-order valence-electron chi connectivity index (χ0n) is 24.4. The normalized spacial score (nSPS) is 25.3. The van der Waals surface area contributed by atoms with Crippen LogP contribution in [0.4, 0.5) is 5.82 Å². The number of nitrogens with one attached hydrogen (secondary N) is 1. The predicted octanol–water partition coefficient (Wildman–Crippen LogP) is 4.52. The Hall–Kier alpha value is -4.01. The molecule has 4 saturated heterocycles. The molecule has 2 atom stereocenters. The van der Waals surface area contributed by atoms with Crippen molar-refractivity contribution in [3.63, 3.8) is 0 Å². The van der Waals surface area contributed by atoms with Crippen molar-refractivity contribution in [2.75, 3.05) is 36.6 Å². The number of fused-ring (bicyclic) bond motifs is 3. The quantitative estimate of drug-likeness (QED) is 0.315. The number of aryl methyl sites for hydroxylation is 1. The molecule has 222 valence electrons. The molecule has 0 aliphatic carbocycles. The van der Waals surface area contributed by atoms with Gasteiger partial charge in [-0.05, 0) is 67.3 Å². The first-order valence-electron chi connectivity index (χ1n) is 15.0. The lowest BCUT2D eigenvalue weighted by Crippen LogP contribution is -2.68. The van der Waals surface area contributed by atoms with Gasteiger partial charge < -0.3 is 9.64 Å². The summed E-state index contributed by atoms with van der Waals surface area (Å²) in [4.78, 5) is 14.2. The fourth-order valence-electron chi connectivity index (χ4n) is 6.94. The van der Waals surface area contributed by atoms with Gasteiger partial charge in [0, 0.05) is 88.7 Å². The van der Waals surface area contributed by atoms with Gasteiger partial charge in [-0.1, -0.05) is 6.07 Å². The maximum atomic E-state index is 12.1. The number of rotatable bonds is 8. The van der Waals surface area contributed by atoms with Crippen LogP contribution < -0.4 is 9.64 Å². The molecule has 8 heterocycles. The van der Waals surface area contributed by atoms with E-state index in [1.54, 1.807) is 13.3 Å². The second-order valence-corrected chi connectivity index (χ2v) is 14.6. The summed E-state index contributed by atoms with van der Waals surface area (Å²) in [6.07, 6.45) is 12.3. The van der Waals surface area contributed by atoms with Gasteiger partial charge >= 0.3 is 0 Å². The van der Waals surface area contributed by atoms with E-state index in [1.165, 1.54) is 12.0 Å². The fourth-order valence-corrected chi connectivity index (χ4v) is 8.57. The van der Waals surface area contributed by atoms with Crippen molar-refractivity contribution in [2.24, 2.45) is 5.92 Å². The van der Waals surface area contributed by atoms with Gasteiger partial charge in [-0.2, -0.15) is 10.4 Å². The first-order chi connectivity index (χ1) is 20.9. The van der Waals surface area contributed by atoms with Crippen LogP contribution in [0.1, 0.15) is 42.4 Å². The Balaban J connectivity index is 1.06. The molecule has 4 aliphatic heterocycles. The third-order valence-electron chi connectivity index (χ3n) is 9.44. The van der Waals surface area contributed by atoms with E-state index in [0.29, 0.717) is 41.0 Å². The number of pyridine rings is 3. The standard InChI is InChI=1S/C32H36N8O2S/c1-42-31-7-4-24(15-36-31)18-39-27-13-28(39)21-38(20-27)30-6-5-25(16-35-30)29-12-23(19-40-32(29)26(14-33)17-37-40)3-2-22-8-10-43(34,41)11-9-22/h4-7,12,15-17,19,22,27-28,34H,2-3,8-11,13,18,20-21H2,1H3. The van der Waals surface area contributed by atoms with E-state index in [-0.39, 0.29) is 0 Å². The molecule has 2 bridgehead atoms. The van der Waals surface area contributed by atoms with Gasteiger partial charge in [0.25, 0.3) is 0 Å². The summed E-state index contributed by atoms with van der Waals surface area (Å²) < 4.78 is 26.9. The molecule has 0 amide bonds. The van der Waals surface area contributed by atoms with Crippen molar-refractivity contribution < 1.29 is 8.95 Å². The van der Waals surface area contributed by atoms with Crippen molar-refractivity contribution in [3.8, 4) is 23.1 Å². The van der Waals surface area contributed by atoms with Crippen LogP contribution in [-0.2, 0) is 22.7 Å². The first kappa shape index (κ1) is 27.8. The van der Waals surface area contributed by atoms with Crippen molar-refractivity contribution in [1.29, 1.82) is 10.0 Å². The van der Waals surface area contributed by atoms with Gasteiger partial charge in [0.05, 0.1) is 24.4 Å². The molecule has 0 spiro atoms. The summed E-state index contributed by atoms with van der Waals surface area (Å²) in [5.41, 5.74) is 5.63. The number of anilines is 1. The molecule has 10 nitrogen and oxygen atoms in total. The molecule has 4 aliphatic rings. The van der Waals surface area contributed by atoms with E-state index >= 15 is 0 Å². The molecule has 0 saturated carbocycles. The Morgan fingerprint density at radius 3 is 2.56 bits per heavy atom. The zero-order chi connectivity index (χ0) is 29.6. The second kappa shape index (κ2) is 11.2. The van der Waals surface area contributed by atoms with Crippen molar-refractivity contribution in [3.05, 3.63) is 71.8 Å². The number of methoxy groups -OCH3 is 1. The Morgan fingerprint density at radius 2 is 1.88 bits per heavy atom. The summed E-state index contributed by atoms with van der Waals surface area (Å²) in [7, 11) is -0.729. The highest BCUT2D eigenvalue weighted by atomic mass is 32.2. The lowest BCUT2D eigenvalue weighted by atomic mass is 9.87. The lowest BCUT2D eigenvalue weighted by molar-refractivity contribution is -0.00876. The third kappa shape index (κ3) is 5.57. The molecule has 8 rings (SSSR count). The van der Waals surface area contributed by atoms with E-state index < -0.39 is 9.73 Å². The van der Waals surface area contributed by atoms with Gasteiger partial charge in [0.2, 0.25) is 5.88 Å². The molecular formula is C32H36N8O2S. The summed E-state index contributed by atoms with van der Waals surface area (Å²) >= 11 is 0. The molecule has 11 heteroatoms. The summed E-state index contributed by atoms with van der Waals surface area (Å²) in [5.74, 6) is 3.14. The van der Waals surface area contributed by atoms with E-state index in [1.807, 2.05) is 29.2 Å². The number of ether oxygens (including phenoxy) is 1. The molecule has 1 N–H and O–H groups in total. The third-order valence-corrected chi connectivity index (χ3v) is 11.2. The van der Waals surface area contributed by atoms with Crippen LogP contribution in [0.15, 0.2) is 55.1 Å². The molecule has 4 aromatic rings. The largest absolute Gasteiger partial charge is 0.481 e. The molecule has 4 aromatic heterocycles. The minimum absolute atomic E-state index is 0.492. The van der Waals surface area contributed by atoms with E-state index in [4.69, 9.17) is 14.5 Å². The SMILES string of the molecule is COc1ccc(CN2C3CC2CN(c2ccc(-c4cc(CCC5CCS(=N)(=O)CC5)cn5ncc(C#N)c45)cn2)C3)cn1. The van der Waals surface area contributed by atoms with Gasteiger partial charge in [-0.15, -0.1) is 0 Å². The minimum Gasteiger partial charge on any atom is -0.481 e. The lowest BCUT2D eigenvalue weighted by Gasteiger charge is -2.56. The topological polar surface area (TPSA) is 124 Å². The van der Waals surface area contributed by atoms with Crippen LogP contribution in [0.5, 0.6) is 5.88 Å². The average Bonchev–Trinajstić information content (AvgIpc) is 3.46. The highest BCUT2D eigenvalue weighted by Gasteiger charge is 2.44. The van der Waals surface area contributed by atoms with Crippen LogP contribution in [0, 0.1) is 22.0 Å². The van der Waals surface area contributed by atoms with Gasteiger partial charge in [0.15, 0.2) is 0 Å². The van der Waals surface area contributed by atoms with Gasteiger partial charge in [0.1, 0.15) is 11.9 Å². The maximum absolute atomic E-state index is 12.1. The smallest absolute Gasteiger partial charge is 0.212 e. The Morgan fingerprint density at radius 1 is 1.07 bits per heavy atom. The average molecular weight is 597 g/mol. The summed E-state index contributed by atoms with van der Waals surface area (Å²) in [6.45, 7) is 2.80. The number of nitrogens with zero attached hydrogens (tertiary/aromatic N) is 7. The Labute approximate surface area is 252 Å².